The van der Waals surface area contributed by atoms with E-state index in [2.05, 4.69) is 0 Å². The summed E-state index contributed by atoms with van der Waals surface area (Å²) in [5.74, 6) is 0.0970. The van der Waals surface area contributed by atoms with Gasteiger partial charge in [-0.2, -0.15) is 0 Å². The second kappa shape index (κ2) is 13.1. The molecule has 0 radical (unpaired) electrons. The van der Waals surface area contributed by atoms with Gasteiger partial charge >= 0.3 is 0 Å². The molecule has 1 aromatic rings. The van der Waals surface area contributed by atoms with Crippen molar-refractivity contribution in [1.82, 2.24) is 0 Å². The number of phenols is 2. The van der Waals surface area contributed by atoms with Gasteiger partial charge in [0.2, 0.25) is 0 Å². The zero-order valence-electron chi connectivity index (χ0n) is 12.3. The van der Waals surface area contributed by atoms with Crippen molar-refractivity contribution in [3.8, 4) is 11.5 Å². The van der Waals surface area contributed by atoms with E-state index in [-0.39, 0.29) is 23.1 Å². The van der Waals surface area contributed by atoms with E-state index in [4.69, 9.17) is 10.2 Å². The molecule has 2 N–H and O–H groups in total. The average Bonchev–Trinajstić information content (AvgIpc) is 2.50. The van der Waals surface area contributed by atoms with E-state index in [0.717, 1.165) is 0 Å². The molecular weight excluding hydrogens is 256 g/mol. The molecule has 0 aliphatic heterocycles. The SMILES string of the molecule is CC.CC.O=C1C=CC(=O)C=C1.Oc1ccc(O)cc1. The maximum Gasteiger partial charge on any atom is 0.178 e. The first-order valence-electron chi connectivity index (χ1n) is 6.50. The van der Waals surface area contributed by atoms with Gasteiger partial charge in [0.25, 0.3) is 0 Å². The number of ketones is 2. The Morgan fingerprint density at radius 1 is 0.600 bits per heavy atom. The lowest BCUT2D eigenvalue weighted by molar-refractivity contribution is -0.113. The highest BCUT2D eigenvalue weighted by molar-refractivity contribution is 6.14. The minimum Gasteiger partial charge on any atom is -0.508 e. The van der Waals surface area contributed by atoms with Crippen molar-refractivity contribution in [2.45, 2.75) is 27.7 Å². The highest BCUT2D eigenvalue weighted by Crippen LogP contribution is 2.13. The lowest BCUT2D eigenvalue weighted by Gasteiger charge is -1.88. The van der Waals surface area contributed by atoms with Gasteiger partial charge in [-0.1, -0.05) is 27.7 Å². The molecule has 0 unspecified atom stereocenters. The molecule has 110 valence electrons. The number of rotatable bonds is 0. The summed E-state index contributed by atoms with van der Waals surface area (Å²) in [5, 5.41) is 17.3. The lowest BCUT2D eigenvalue weighted by atomic mass is 10.2. The number of hydrogen-bond donors (Lipinski definition) is 2. The third kappa shape index (κ3) is 10.8. The maximum absolute atomic E-state index is 10.3. The molecule has 4 nitrogen and oxygen atoms in total. The average molecular weight is 278 g/mol. The van der Waals surface area contributed by atoms with E-state index in [1.807, 2.05) is 27.7 Å². The van der Waals surface area contributed by atoms with E-state index in [9.17, 15) is 9.59 Å². The number of carbonyl (C=O) groups is 2. The third-order valence-corrected chi connectivity index (χ3v) is 1.67. The zero-order chi connectivity index (χ0) is 16.0. The summed E-state index contributed by atoms with van der Waals surface area (Å²) in [6.07, 6.45) is 5.01. The van der Waals surface area contributed by atoms with Crippen molar-refractivity contribution in [2.75, 3.05) is 0 Å². The summed E-state index contributed by atoms with van der Waals surface area (Å²) in [6.45, 7) is 8.00. The maximum atomic E-state index is 10.3. The number of allylic oxidation sites excluding steroid dienone is 4. The standard InChI is InChI=1S/C6H6O2.C6H4O2.2C2H6/c2*7-5-1-2-6(8)4-3-5;2*1-2/h1-4,7-8H;1-4H;2*1-2H3. The van der Waals surface area contributed by atoms with Crippen molar-refractivity contribution in [3.63, 3.8) is 0 Å². The second-order valence-corrected chi connectivity index (χ2v) is 2.99. The van der Waals surface area contributed by atoms with E-state index in [0.29, 0.717) is 0 Å². The summed E-state index contributed by atoms with van der Waals surface area (Å²) in [7, 11) is 0. The molecule has 0 fully saturated rings. The molecule has 0 atom stereocenters. The Morgan fingerprint density at radius 3 is 1.00 bits per heavy atom. The zero-order valence-corrected chi connectivity index (χ0v) is 12.3. The Kier molecular flexibility index (Phi) is 13.1. The van der Waals surface area contributed by atoms with Crippen molar-refractivity contribution in [3.05, 3.63) is 48.6 Å². The highest BCUT2D eigenvalue weighted by atomic mass is 16.3. The van der Waals surface area contributed by atoms with Gasteiger partial charge in [0, 0.05) is 0 Å². The molecule has 0 saturated heterocycles. The molecule has 1 aliphatic rings. The van der Waals surface area contributed by atoms with Crippen molar-refractivity contribution in [1.29, 1.82) is 0 Å². The molecule has 0 saturated carbocycles. The molecule has 2 rings (SSSR count). The molecular formula is C16H22O4. The summed E-state index contributed by atoms with van der Waals surface area (Å²) in [5.41, 5.74) is 0. The number of aromatic hydroxyl groups is 2. The predicted molar refractivity (Wildman–Crippen MR) is 80.8 cm³/mol. The van der Waals surface area contributed by atoms with Crippen molar-refractivity contribution >= 4 is 11.6 Å². The fraction of sp³-hybridized carbons (Fsp3) is 0.250. The smallest absolute Gasteiger partial charge is 0.178 e. The van der Waals surface area contributed by atoms with Gasteiger partial charge in [0.1, 0.15) is 11.5 Å². The van der Waals surface area contributed by atoms with Crippen LogP contribution in [0.3, 0.4) is 0 Å². The third-order valence-electron chi connectivity index (χ3n) is 1.67. The van der Waals surface area contributed by atoms with E-state index in [1.165, 1.54) is 48.6 Å². The number of phenolic OH excluding ortho intramolecular Hbond substituents is 2. The van der Waals surface area contributed by atoms with Crippen LogP contribution in [0.25, 0.3) is 0 Å². The van der Waals surface area contributed by atoms with Crippen LogP contribution >= 0.6 is 0 Å². The fourth-order valence-electron chi connectivity index (χ4n) is 0.892. The minimum atomic E-state index is -0.121. The second-order valence-electron chi connectivity index (χ2n) is 2.99. The fourth-order valence-corrected chi connectivity index (χ4v) is 0.892. The Morgan fingerprint density at radius 2 is 0.800 bits per heavy atom. The monoisotopic (exact) mass is 278 g/mol. The molecule has 0 amide bonds. The number of hydrogen-bond acceptors (Lipinski definition) is 4. The van der Waals surface area contributed by atoms with Crippen molar-refractivity contribution in [2.24, 2.45) is 0 Å². The van der Waals surface area contributed by atoms with Gasteiger partial charge in [0.05, 0.1) is 0 Å². The van der Waals surface area contributed by atoms with Crippen LogP contribution in [0.15, 0.2) is 48.6 Å². The van der Waals surface area contributed by atoms with E-state index < -0.39 is 0 Å². The molecule has 0 spiro atoms. The highest BCUT2D eigenvalue weighted by Gasteiger charge is 1.97. The van der Waals surface area contributed by atoms with Crippen LogP contribution in [0.5, 0.6) is 11.5 Å². The normalized spacial score (nSPS) is 11.2. The molecule has 0 bridgehead atoms. The van der Waals surface area contributed by atoms with Crippen LogP contribution in [-0.2, 0) is 9.59 Å². The predicted octanol–water partition coefficient (Wildman–Crippen LogP) is 3.40. The van der Waals surface area contributed by atoms with Crippen molar-refractivity contribution < 1.29 is 19.8 Å². The molecule has 1 aliphatic carbocycles. The first-order valence-corrected chi connectivity index (χ1v) is 6.50. The number of carbonyl (C=O) groups excluding carboxylic acids is 2. The topological polar surface area (TPSA) is 74.6 Å². The molecule has 1 aromatic carbocycles. The van der Waals surface area contributed by atoms with Gasteiger partial charge in [-0.15, -0.1) is 0 Å². The Balaban J connectivity index is 0. The molecule has 20 heavy (non-hydrogen) atoms. The van der Waals surface area contributed by atoms with Crippen LogP contribution in [0, 0.1) is 0 Å². The van der Waals surface area contributed by atoms with Crippen LogP contribution < -0.4 is 0 Å². The first kappa shape index (κ1) is 20.0. The Labute approximate surface area is 120 Å². The molecule has 4 heteroatoms. The molecule has 0 aromatic heterocycles. The van der Waals surface area contributed by atoms with E-state index >= 15 is 0 Å². The van der Waals surface area contributed by atoms with Gasteiger partial charge in [0.15, 0.2) is 11.6 Å². The van der Waals surface area contributed by atoms with Crippen LogP contribution in [0.2, 0.25) is 0 Å². The van der Waals surface area contributed by atoms with Crippen LogP contribution in [-0.4, -0.2) is 21.8 Å². The lowest BCUT2D eigenvalue weighted by Crippen LogP contribution is -1.97. The first-order chi connectivity index (χ1) is 9.58. The Hall–Kier alpha value is -2.36. The summed E-state index contributed by atoms with van der Waals surface area (Å²) in [4.78, 5) is 20.6. The molecule has 0 heterocycles. The van der Waals surface area contributed by atoms with E-state index in [1.54, 1.807) is 0 Å². The van der Waals surface area contributed by atoms with Gasteiger partial charge in [-0.05, 0) is 48.6 Å². The largest absolute Gasteiger partial charge is 0.508 e. The van der Waals surface area contributed by atoms with Crippen LogP contribution in [0.4, 0.5) is 0 Å². The van der Waals surface area contributed by atoms with Crippen LogP contribution in [0.1, 0.15) is 27.7 Å². The Bertz CT molecular complexity index is 383. The summed E-state index contributed by atoms with van der Waals surface area (Å²) >= 11 is 0. The summed E-state index contributed by atoms with van der Waals surface area (Å²) in [6, 6.07) is 5.70. The number of benzene rings is 1. The van der Waals surface area contributed by atoms with Gasteiger partial charge in [-0.3, -0.25) is 9.59 Å². The minimum absolute atomic E-state index is 0.121. The van der Waals surface area contributed by atoms with Gasteiger partial charge < -0.3 is 10.2 Å². The van der Waals surface area contributed by atoms with Gasteiger partial charge in [-0.25, -0.2) is 0 Å². The quantitative estimate of drug-likeness (QED) is 0.563. The summed E-state index contributed by atoms with van der Waals surface area (Å²) < 4.78 is 0.